The third kappa shape index (κ3) is 6.88. The molecule has 0 aliphatic rings. The van der Waals surface area contributed by atoms with E-state index in [0.29, 0.717) is 23.6 Å². The second-order valence-electron chi connectivity index (χ2n) is 7.52. The molecule has 0 aliphatic heterocycles. The Labute approximate surface area is 211 Å². The summed E-state index contributed by atoms with van der Waals surface area (Å²) in [6.07, 6.45) is 4.95. The van der Waals surface area contributed by atoms with Crippen molar-refractivity contribution in [2.75, 3.05) is 0 Å². The number of halogens is 1. The van der Waals surface area contributed by atoms with Gasteiger partial charge in [0.2, 0.25) is 0 Å². The van der Waals surface area contributed by atoms with Crippen molar-refractivity contribution in [2.24, 2.45) is 0 Å². The number of ether oxygens (including phenoxy) is 1. The highest BCUT2D eigenvalue weighted by Gasteiger charge is 2.14. The molecule has 3 aromatic carbocycles. The molecule has 2 amide bonds. The summed E-state index contributed by atoms with van der Waals surface area (Å²) >= 11 is 3.47. The van der Waals surface area contributed by atoms with Crippen molar-refractivity contribution >= 4 is 33.8 Å². The van der Waals surface area contributed by atoms with Crippen LogP contribution in [0.5, 0.6) is 11.5 Å². The summed E-state index contributed by atoms with van der Waals surface area (Å²) in [6, 6.07) is 27.2. The van der Waals surface area contributed by atoms with E-state index in [4.69, 9.17) is 4.74 Å². The van der Waals surface area contributed by atoms with Crippen molar-refractivity contribution in [1.29, 1.82) is 0 Å². The molecular weight excluding hydrogens is 506 g/mol. The number of pyridine rings is 1. The normalized spacial score (nSPS) is 10.9. The van der Waals surface area contributed by atoms with Crippen LogP contribution in [-0.2, 0) is 11.3 Å². The number of hydrogen-bond acceptors (Lipinski definition) is 4. The van der Waals surface area contributed by atoms with E-state index < -0.39 is 5.91 Å². The first-order valence-electron chi connectivity index (χ1n) is 10.9. The number of carbonyl (C=O) groups excluding carboxylic acids is 2. The molecule has 1 heterocycles. The molecule has 35 heavy (non-hydrogen) atoms. The summed E-state index contributed by atoms with van der Waals surface area (Å²) in [5.41, 5.74) is 2.22. The van der Waals surface area contributed by atoms with E-state index in [-0.39, 0.29) is 11.6 Å². The predicted molar refractivity (Wildman–Crippen MR) is 139 cm³/mol. The van der Waals surface area contributed by atoms with E-state index in [1.54, 1.807) is 54.9 Å². The number of carbonyl (C=O) groups is 2. The molecule has 0 radical (unpaired) electrons. The van der Waals surface area contributed by atoms with Gasteiger partial charge in [-0.1, -0.05) is 42.5 Å². The molecule has 4 aromatic rings. The van der Waals surface area contributed by atoms with Crippen molar-refractivity contribution in [3.63, 3.8) is 0 Å². The standard InChI is InChI=1S/C28H22BrN3O3/c29-24-8-4-5-9-26(24)35-23-12-10-20(11-13-23)18-25(32-27(33)22-6-2-1-3-7-22)28(34)31-19-21-14-16-30-17-15-21/h1-18H,19H2,(H,31,34)(H,32,33). The predicted octanol–water partition coefficient (Wildman–Crippen LogP) is 5.72. The Kier molecular flexibility index (Phi) is 8.04. The molecule has 0 fully saturated rings. The van der Waals surface area contributed by atoms with E-state index in [1.807, 2.05) is 54.6 Å². The quantitative estimate of drug-likeness (QED) is 0.287. The Hall–Kier alpha value is -4.23. The van der Waals surface area contributed by atoms with Gasteiger partial charge in [-0.3, -0.25) is 14.6 Å². The van der Waals surface area contributed by atoms with Crippen molar-refractivity contribution in [3.05, 3.63) is 130 Å². The third-order valence-electron chi connectivity index (χ3n) is 4.99. The summed E-state index contributed by atoms with van der Waals surface area (Å²) in [5, 5.41) is 5.59. The highest BCUT2D eigenvalue weighted by molar-refractivity contribution is 9.10. The van der Waals surface area contributed by atoms with Crippen LogP contribution in [0.25, 0.3) is 6.08 Å². The van der Waals surface area contributed by atoms with Crippen LogP contribution in [0.3, 0.4) is 0 Å². The van der Waals surface area contributed by atoms with Crippen LogP contribution in [-0.4, -0.2) is 16.8 Å². The van der Waals surface area contributed by atoms with Crippen LogP contribution in [0.1, 0.15) is 21.5 Å². The van der Waals surface area contributed by atoms with E-state index in [1.165, 1.54) is 0 Å². The van der Waals surface area contributed by atoms with Gasteiger partial charge in [-0.15, -0.1) is 0 Å². The lowest BCUT2D eigenvalue weighted by Gasteiger charge is -2.12. The maximum atomic E-state index is 13.0. The maximum Gasteiger partial charge on any atom is 0.268 e. The molecule has 6 nitrogen and oxygen atoms in total. The van der Waals surface area contributed by atoms with Crippen LogP contribution in [0.4, 0.5) is 0 Å². The summed E-state index contributed by atoms with van der Waals surface area (Å²) < 4.78 is 6.75. The average molecular weight is 528 g/mol. The number of benzene rings is 3. The summed E-state index contributed by atoms with van der Waals surface area (Å²) in [4.78, 5) is 29.7. The smallest absolute Gasteiger partial charge is 0.268 e. The molecule has 2 N–H and O–H groups in total. The molecule has 0 spiro atoms. The van der Waals surface area contributed by atoms with Gasteiger partial charge >= 0.3 is 0 Å². The minimum absolute atomic E-state index is 0.132. The molecule has 0 unspecified atom stereocenters. The zero-order chi connectivity index (χ0) is 24.5. The molecule has 0 bridgehead atoms. The number of rotatable bonds is 8. The van der Waals surface area contributed by atoms with Gasteiger partial charge in [0.25, 0.3) is 11.8 Å². The fourth-order valence-corrected chi connectivity index (χ4v) is 3.54. The van der Waals surface area contributed by atoms with E-state index in [2.05, 4.69) is 31.5 Å². The zero-order valence-electron chi connectivity index (χ0n) is 18.6. The van der Waals surface area contributed by atoms with Gasteiger partial charge in [0.15, 0.2) is 0 Å². The van der Waals surface area contributed by atoms with Crippen molar-refractivity contribution in [2.45, 2.75) is 6.54 Å². The highest BCUT2D eigenvalue weighted by atomic mass is 79.9. The lowest BCUT2D eigenvalue weighted by atomic mass is 10.1. The second kappa shape index (κ2) is 11.8. The Morgan fingerprint density at radius 2 is 1.54 bits per heavy atom. The number of hydrogen-bond donors (Lipinski definition) is 2. The maximum absolute atomic E-state index is 13.0. The Balaban J connectivity index is 1.53. The van der Waals surface area contributed by atoms with Crippen LogP contribution in [0.2, 0.25) is 0 Å². The largest absolute Gasteiger partial charge is 0.456 e. The molecule has 1 aromatic heterocycles. The first-order chi connectivity index (χ1) is 17.1. The molecule has 4 rings (SSSR count). The molecule has 0 saturated carbocycles. The van der Waals surface area contributed by atoms with Gasteiger partial charge in [0, 0.05) is 24.5 Å². The average Bonchev–Trinajstić information content (AvgIpc) is 2.90. The second-order valence-corrected chi connectivity index (χ2v) is 8.37. The van der Waals surface area contributed by atoms with Crippen molar-refractivity contribution in [1.82, 2.24) is 15.6 Å². The fraction of sp³-hybridized carbons (Fsp3) is 0.0357. The summed E-state index contributed by atoms with van der Waals surface area (Å²) in [5.74, 6) is 0.567. The Morgan fingerprint density at radius 3 is 2.26 bits per heavy atom. The molecular formula is C28H22BrN3O3. The first-order valence-corrected chi connectivity index (χ1v) is 11.7. The first kappa shape index (κ1) is 23.9. The topological polar surface area (TPSA) is 80.3 Å². The van der Waals surface area contributed by atoms with Gasteiger partial charge in [-0.25, -0.2) is 0 Å². The summed E-state index contributed by atoms with van der Waals surface area (Å²) in [7, 11) is 0. The molecule has 0 atom stereocenters. The number of amides is 2. The van der Waals surface area contributed by atoms with Crippen LogP contribution in [0, 0.1) is 0 Å². The fourth-order valence-electron chi connectivity index (χ4n) is 3.17. The lowest BCUT2D eigenvalue weighted by molar-refractivity contribution is -0.117. The minimum Gasteiger partial charge on any atom is -0.456 e. The van der Waals surface area contributed by atoms with Crippen molar-refractivity contribution < 1.29 is 14.3 Å². The third-order valence-corrected chi connectivity index (χ3v) is 5.64. The number of aromatic nitrogens is 1. The van der Waals surface area contributed by atoms with Crippen LogP contribution in [0.15, 0.2) is 114 Å². The molecule has 0 aliphatic carbocycles. The van der Waals surface area contributed by atoms with Crippen molar-refractivity contribution in [3.8, 4) is 11.5 Å². The van der Waals surface area contributed by atoms with Crippen LogP contribution >= 0.6 is 15.9 Å². The SMILES string of the molecule is O=C(NCc1ccncc1)C(=Cc1ccc(Oc2ccccc2Br)cc1)NC(=O)c1ccccc1. The molecule has 0 saturated heterocycles. The monoisotopic (exact) mass is 527 g/mol. The number of nitrogens with one attached hydrogen (secondary N) is 2. The molecule has 174 valence electrons. The Morgan fingerprint density at radius 1 is 0.857 bits per heavy atom. The van der Waals surface area contributed by atoms with E-state index in [9.17, 15) is 9.59 Å². The Bertz CT molecular complexity index is 1320. The van der Waals surface area contributed by atoms with E-state index in [0.717, 1.165) is 15.6 Å². The zero-order valence-corrected chi connectivity index (χ0v) is 20.2. The highest BCUT2D eigenvalue weighted by Crippen LogP contribution is 2.29. The number of para-hydroxylation sites is 1. The van der Waals surface area contributed by atoms with Gasteiger partial charge in [0.1, 0.15) is 17.2 Å². The van der Waals surface area contributed by atoms with Gasteiger partial charge in [0.05, 0.1) is 4.47 Å². The lowest BCUT2D eigenvalue weighted by Crippen LogP contribution is -2.34. The van der Waals surface area contributed by atoms with Crippen LogP contribution < -0.4 is 15.4 Å². The van der Waals surface area contributed by atoms with Gasteiger partial charge in [-0.05, 0) is 81.7 Å². The van der Waals surface area contributed by atoms with Gasteiger partial charge in [-0.2, -0.15) is 0 Å². The van der Waals surface area contributed by atoms with E-state index >= 15 is 0 Å². The van der Waals surface area contributed by atoms with Gasteiger partial charge < -0.3 is 15.4 Å². The minimum atomic E-state index is -0.403. The molecule has 7 heteroatoms. The number of nitrogens with zero attached hydrogens (tertiary/aromatic N) is 1. The summed E-state index contributed by atoms with van der Waals surface area (Å²) in [6.45, 7) is 0.304.